The number of aromatic nitrogens is 1. The first-order valence-electron chi connectivity index (χ1n) is 18.0. The van der Waals surface area contributed by atoms with E-state index in [2.05, 4.69) is 10.4 Å². The van der Waals surface area contributed by atoms with E-state index in [-0.39, 0.29) is 37.4 Å². The van der Waals surface area contributed by atoms with E-state index in [0.29, 0.717) is 44.7 Å². The molecule has 8 rings (SSSR count). The topological polar surface area (TPSA) is 172 Å². The largest absolute Gasteiger partial charge is 0.491 e. The van der Waals surface area contributed by atoms with Crippen LogP contribution in [0.3, 0.4) is 0 Å². The van der Waals surface area contributed by atoms with Gasteiger partial charge in [0.25, 0.3) is 17.5 Å². The average molecular weight is 837 g/mol. The molecule has 2 saturated heterocycles. The maximum absolute atomic E-state index is 15.3. The van der Waals surface area contributed by atoms with Crippen molar-refractivity contribution in [3.05, 3.63) is 134 Å². The molecule has 0 unspecified atom stereocenters. The van der Waals surface area contributed by atoms with Crippen LogP contribution in [0.1, 0.15) is 35.4 Å². The number of aliphatic hydroxyl groups excluding tert-OH is 1. The number of benzene rings is 3. The summed E-state index contributed by atoms with van der Waals surface area (Å²) in [6, 6.07) is 18.7. The molecule has 1 aromatic heterocycles. The van der Waals surface area contributed by atoms with Crippen molar-refractivity contribution in [2.75, 3.05) is 23.5 Å². The summed E-state index contributed by atoms with van der Waals surface area (Å²) in [6.45, 7) is -0.241. The second-order valence-electron chi connectivity index (χ2n) is 14.3. The smallest absolute Gasteiger partial charge is 0.417 e. The van der Waals surface area contributed by atoms with Crippen LogP contribution in [0.5, 0.6) is 5.75 Å². The molecule has 3 heterocycles. The zero-order chi connectivity index (χ0) is 41.3. The summed E-state index contributed by atoms with van der Waals surface area (Å²) in [7, 11) is 0. The van der Waals surface area contributed by atoms with Crippen molar-refractivity contribution in [3.63, 3.8) is 0 Å². The van der Waals surface area contributed by atoms with E-state index < -0.39 is 86.1 Å². The number of amides is 4. The van der Waals surface area contributed by atoms with Gasteiger partial charge in [-0.05, 0) is 72.4 Å². The fourth-order valence-corrected chi connectivity index (χ4v) is 9.39. The number of rotatable bonds is 9. The highest BCUT2D eigenvalue weighted by Crippen LogP contribution is 2.64. The van der Waals surface area contributed by atoms with Gasteiger partial charge >= 0.3 is 6.18 Å². The van der Waals surface area contributed by atoms with Crippen molar-refractivity contribution < 1.29 is 47.1 Å². The van der Waals surface area contributed by atoms with Gasteiger partial charge in [-0.25, -0.2) is 4.98 Å². The number of hydrogen-bond acceptors (Lipinski definition) is 10. The lowest BCUT2D eigenvalue weighted by molar-refractivity contribution is -0.384. The maximum atomic E-state index is 15.3. The summed E-state index contributed by atoms with van der Waals surface area (Å²) < 4.78 is 46.1. The predicted octanol–water partition coefficient (Wildman–Crippen LogP) is 6.88. The van der Waals surface area contributed by atoms with Gasteiger partial charge in [-0.2, -0.15) is 18.2 Å². The van der Waals surface area contributed by atoms with Crippen molar-refractivity contribution in [2.45, 2.75) is 30.4 Å². The van der Waals surface area contributed by atoms with E-state index in [4.69, 9.17) is 27.9 Å². The number of fused-ring (bicyclic) bond motifs is 4. The summed E-state index contributed by atoms with van der Waals surface area (Å²) in [6.07, 6.45) is -2.44. The first kappa shape index (κ1) is 39.0. The van der Waals surface area contributed by atoms with Crippen molar-refractivity contribution >= 4 is 64.0 Å². The molecular weight excluding hydrogens is 806 g/mol. The standard InChI is InChI=1S/C40H30Cl2F3N5O8/c41-23-5-3-21(4-6-23)39-30(36(53)49(38(39)55)47-34-31(42)17-22(19-46-34)40(43,44)45)18-29-27(33(39)20-1-11-26(12-2-20)58-16-15-51)13-14-28-32(29)37(54)48(35(28)52)24-7-9-25(10-8-24)50(56)57/h1-13,17,19,28-30,32-33,51H,14-16,18H2,(H,46,47)/t28-,29+,30-,32-,33-,39+/m0/s1. The number of hydrogen-bond donors (Lipinski definition) is 2. The number of nitrogens with one attached hydrogen (secondary N) is 1. The van der Waals surface area contributed by atoms with Crippen LogP contribution in [0.2, 0.25) is 10.0 Å². The Balaban J connectivity index is 1.28. The maximum Gasteiger partial charge on any atom is 0.417 e. The van der Waals surface area contributed by atoms with Gasteiger partial charge in [0.2, 0.25) is 11.8 Å². The number of alkyl halides is 3. The Hall–Kier alpha value is -5.84. The number of aliphatic hydroxyl groups is 1. The normalized spacial score (nSPS) is 25.3. The molecule has 18 heteroatoms. The van der Waals surface area contributed by atoms with Crippen LogP contribution in [-0.4, -0.2) is 56.9 Å². The summed E-state index contributed by atoms with van der Waals surface area (Å²) in [5.74, 6) is -7.47. The summed E-state index contributed by atoms with van der Waals surface area (Å²) in [4.78, 5) is 74.2. The Bertz CT molecular complexity index is 2400. The quantitative estimate of drug-likeness (QED) is 0.0784. The van der Waals surface area contributed by atoms with Crippen molar-refractivity contribution in [1.29, 1.82) is 0 Å². The van der Waals surface area contributed by atoms with E-state index in [0.717, 1.165) is 4.90 Å². The number of nitrogens with zero attached hydrogens (tertiary/aromatic N) is 4. The van der Waals surface area contributed by atoms with Crippen molar-refractivity contribution in [3.8, 4) is 5.75 Å². The van der Waals surface area contributed by atoms with E-state index in [1.807, 2.05) is 6.08 Å². The third-order valence-corrected chi connectivity index (χ3v) is 12.0. The number of anilines is 2. The average Bonchev–Trinajstić information content (AvgIpc) is 3.58. The molecule has 4 aliphatic rings. The Morgan fingerprint density at radius 3 is 2.26 bits per heavy atom. The first-order valence-corrected chi connectivity index (χ1v) is 18.7. The number of hydrazine groups is 1. The van der Waals surface area contributed by atoms with Crippen LogP contribution in [0.15, 0.2) is 96.7 Å². The molecule has 0 spiro atoms. The van der Waals surface area contributed by atoms with Gasteiger partial charge in [-0.3, -0.25) is 39.6 Å². The molecule has 2 aliphatic carbocycles. The summed E-state index contributed by atoms with van der Waals surface area (Å²) in [5, 5.41) is 21.2. The second-order valence-corrected chi connectivity index (χ2v) is 15.2. The third-order valence-electron chi connectivity index (χ3n) is 11.4. The number of imide groups is 2. The number of ether oxygens (including phenoxy) is 1. The molecule has 2 aliphatic heterocycles. The molecule has 0 bridgehead atoms. The monoisotopic (exact) mass is 835 g/mol. The Morgan fingerprint density at radius 2 is 1.64 bits per heavy atom. The molecule has 1 saturated carbocycles. The van der Waals surface area contributed by atoms with E-state index in [9.17, 15) is 42.8 Å². The third kappa shape index (κ3) is 6.17. The van der Waals surface area contributed by atoms with Gasteiger partial charge in [0.05, 0.1) is 51.0 Å². The minimum Gasteiger partial charge on any atom is -0.491 e. The van der Waals surface area contributed by atoms with Gasteiger partial charge in [-0.15, -0.1) is 0 Å². The highest BCUT2D eigenvalue weighted by atomic mass is 35.5. The highest BCUT2D eigenvalue weighted by molar-refractivity contribution is 6.33. The lowest BCUT2D eigenvalue weighted by Gasteiger charge is -2.50. The van der Waals surface area contributed by atoms with Crippen LogP contribution in [-0.2, 0) is 30.8 Å². The Labute approximate surface area is 337 Å². The van der Waals surface area contributed by atoms with Crippen molar-refractivity contribution in [2.24, 2.45) is 23.7 Å². The van der Waals surface area contributed by atoms with Crippen LogP contribution >= 0.6 is 23.2 Å². The molecule has 6 atom stereocenters. The molecule has 0 radical (unpaired) electrons. The Morgan fingerprint density at radius 1 is 0.948 bits per heavy atom. The fraction of sp³-hybridized carbons (Fsp3) is 0.275. The zero-order valence-electron chi connectivity index (χ0n) is 29.9. The number of halogens is 5. The predicted molar refractivity (Wildman–Crippen MR) is 201 cm³/mol. The van der Waals surface area contributed by atoms with Gasteiger partial charge in [0.15, 0.2) is 5.82 Å². The van der Waals surface area contributed by atoms with E-state index in [1.54, 1.807) is 48.5 Å². The van der Waals surface area contributed by atoms with Gasteiger partial charge in [0.1, 0.15) is 12.4 Å². The number of allylic oxidation sites excluding steroid dienone is 2. The molecule has 3 fully saturated rings. The molecule has 4 amide bonds. The van der Waals surface area contributed by atoms with Crippen LogP contribution < -0.4 is 15.1 Å². The highest BCUT2D eigenvalue weighted by Gasteiger charge is 2.70. The molecule has 2 N–H and O–H groups in total. The number of carbonyl (C=O) groups excluding carboxylic acids is 4. The number of nitro benzene ring substituents is 1. The molecule has 13 nitrogen and oxygen atoms in total. The van der Waals surface area contributed by atoms with Gasteiger partial charge < -0.3 is 9.84 Å². The zero-order valence-corrected chi connectivity index (χ0v) is 31.4. The molecule has 298 valence electrons. The number of nitro groups is 1. The van der Waals surface area contributed by atoms with E-state index in [1.165, 1.54) is 24.3 Å². The molecule has 4 aromatic rings. The minimum atomic E-state index is -4.77. The van der Waals surface area contributed by atoms with Gasteiger partial charge in [0, 0.05) is 29.3 Å². The first-order chi connectivity index (χ1) is 27.7. The number of non-ortho nitro benzene ring substituents is 1. The van der Waals surface area contributed by atoms with E-state index >= 15 is 4.79 Å². The Kier molecular flexibility index (Phi) is 9.76. The van der Waals surface area contributed by atoms with Crippen LogP contribution in [0.4, 0.5) is 30.4 Å². The van der Waals surface area contributed by atoms with Crippen LogP contribution in [0, 0.1) is 33.8 Å². The molecular formula is C40H30Cl2F3N5O8. The lowest BCUT2D eigenvalue weighted by atomic mass is 9.49. The fourth-order valence-electron chi connectivity index (χ4n) is 9.06. The molecule has 3 aromatic carbocycles. The van der Waals surface area contributed by atoms with Gasteiger partial charge in [-0.1, -0.05) is 59.1 Å². The lowest BCUT2D eigenvalue weighted by Crippen LogP contribution is -2.53. The summed E-state index contributed by atoms with van der Waals surface area (Å²) in [5.41, 5.74) is 1.12. The van der Waals surface area contributed by atoms with Crippen LogP contribution in [0.25, 0.3) is 0 Å². The minimum absolute atomic E-state index is 0.00538. The van der Waals surface area contributed by atoms with Crippen molar-refractivity contribution in [1.82, 2.24) is 9.99 Å². The second kappa shape index (κ2) is 14.5. The number of pyridine rings is 1. The summed E-state index contributed by atoms with van der Waals surface area (Å²) >= 11 is 12.6. The molecule has 58 heavy (non-hydrogen) atoms. The number of carbonyl (C=O) groups is 4. The SMILES string of the molecule is O=C1[C@@H]2C[C@@H]3C(=CC[C@@H]4C(=O)N(c5ccc([N+](=O)[O-])cc5)C(=O)[C@@H]43)[C@H](c3ccc(OCCO)cc3)[C@]2(c2ccc(Cl)cc2)C(=O)N1Nc1ncc(C(F)(F)F)cc1Cl.